The Bertz CT molecular complexity index is 966. The molecule has 1 unspecified atom stereocenters. The number of rotatable bonds is 6. The van der Waals surface area contributed by atoms with Crippen LogP contribution in [0, 0.1) is 11.6 Å². The fourth-order valence-corrected chi connectivity index (χ4v) is 2.64. The number of hydrogen-bond donors (Lipinski definition) is 1. The number of carbonyl (C=O) groups excluding carboxylic acids is 1. The highest BCUT2D eigenvalue weighted by molar-refractivity contribution is 5.76. The van der Waals surface area contributed by atoms with Crippen LogP contribution in [0.2, 0.25) is 0 Å². The van der Waals surface area contributed by atoms with Crippen LogP contribution in [-0.2, 0) is 11.2 Å². The maximum atomic E-state index is 13.3. The van der Waals surface area contributed by atoms with Crippen molar-refractivity contribution in [3.63, 3.8) is 0 Å². The lowest BCUT2D eigenvalue weighted by Gasteiger charge is -2.22. The zero-order valence-corrected chi connectivity index (χ0v) is 14.8. The first-order valence-electron chi connectivity index (χ1n) is 8.54. The van der Waals surface area contributed by atoms with E-state index in [2.05, 4.69) is 4.98 Å². The second kappa shape index (κ2) is 8.42. The number of amides is 1. The Morgan fingerprint density at radius 2 is 1.59 bits per heavy atom. The van der Waals surface area contributed by atoms with Gasteiger partial charge in [-0.2, -0.15) is 13.2 Å². The molecule has 9 heteroatoms. The average molecular weight is 410 g/mol. The molecule has 1 aromatic heterocycles. The number of hydrogen-bond acceptors (Lipinski definition) is 3. The third kappa shape index (κ3) is 5.40. The molecule has 0 bridgehead atoms. The van der Waals surface area contributed by atoms with Gasteiger partial charge in [0, 0.05) is 18.4 Å². The third-order valence-electron chi connectivity index (χ3n) is 4.08. The normalized spacial score (nSPS) is 12.6. The van der Waals surface area contributed by atoms with Gasteiger partial charge in [0.25, 0.3) is 0 Å². The molecule has 1 N–H and O–H groups in total. The SMILES string of the molecule is O=C(CCc1ncc(-c2ccc(F)cc2)o1)NC(c1ccc(F)cc1)C(F)(F)F. The summed E-state index contributed by atoms with van der Waals surface area (Å²) in [6.07, 6.45) is -3.68. The van der Waals surface area contributed by atoms with Gasteiger partial charge in [0.05, 0.1) is 6.20 Å². The predicted molar refractivity (Wildman–Crippen MR) is 93.6 cm³/mol. The summed E-state index contributed by atoms with van der Waals surface area (Å²) in [4.78, 5) is 16.0. The summed E-state index contributed by atoms with van der Waals surface area (Å²) >= 11 is 0. The van der Waals surface area contributed by atoms with Crippen LogP contribution in [0.1, 0.15) is 23.9 Å². The van der Waals surface area contributed by atoms with Gasteiger partial charge >= 0.3 is 6.18 Å². The lowest BCUT2D eigenvalue weighted by Crippen LogP contribution is -2.38. The second-order valence-electron chi connectivity index (χ2n) is 6.22. The van der Waals surface area contributed by atoms with Crippen LogP contribution in [0.5, 0.6) is 0 Å². The maximum absolute atomic E-state index is 13.3. The second-order valence-corrected chi connectivity index (χ2v) is 6.22. The summed E-state index contributed by atoms with van der Waals surface area (Å²) in [6, 6.07) is 6.94. The first kappa shape index (κ1) is 20.5. The van der Waals surface area contributed by atoms with Gasteiger partial charge in [-0.3, -0.25) is 4.79 Å². The molecule has 0 radical (unpaired) electrons. The van der Waals surface area contributed by atoms with Gasteiger partial charge in [0.2, 0.25) is 5.91 Å². The summed E-state index contributed by atoms with van der Waals surface area (Å²) in [5, 5.41) is 1.91. The minimum absolute atomic E-state index is 0.0268. The first-order valence-corrected chi connectivity index (χ1v) is 8.54. The van der Waals surface area contributed by atoms with E-state index in [0.717, 1.165) is 24.3 Å². The van der Waals surface area contributed by atoms with Crippen molar-refractivity contribution in [2.75, 3.05) is 0 Å². The summed E-state index contributed by atoms with van der Waals surface area (Å²) in [7, 11) is 0. The highest BCUT2D eigenvalue weighted by Gasteiger charge is 2.41. The van der Waals surface area contributed by atoms with Crippen molar-refractivity contribution in [3.8, 4) is 11.3 Å². The molecule has 3 aromatic rings. The number of aromatic nitrogens is 1. The molecular weight excluding hydrogens is 395 g/mol. The molecule has 0 aliphatic carbocycles. The van der Waals surface area contributed by atoms with Crippen molar-refractivity contribution in [1.82, 2.24) is 10.3 Å². The minimum atomic E-state index is -4.74. The summed E-state index contributed by atoms with van der Waals surface area (Å²) in [6.45, 7) is 0. The van der Waals surface area contributed by atoms with E-state index in [-0.39, 0.29) is 24.3 Å². The molecule has 4 nitrogen and oxygen atoms in total. The Labute approximate surface area is 162 Å². The topological polar surface area (TPSA) is 55.1 Å². The number of benzene rings is 2. The molecule has 29 heavy (non-hydrogen) atoms. The van der Waals surface area contributed by atoms with Crippen molar-refractivity contribution < 1.29 is 31.2 Å². The van der Waals surface area contributed by atoms with Crippen LogP contribution in [0.3, 0.4) is 0 Å². The van der Waals surface area contributed by atoms with Gasteiger partial charge in [0.15, 0.2) is 17.7 Å². The number of carbonyl (C=O) groups is 1. The number of nitrogens with one attached hydrogen (secondary N) is 1. The Balaban J connectivity index is 1.62. The molecule has 0 saturated heterocycles. The minimum Gasteiger partial charge on any atom is -0.441 e. The maximum Gasteiger partial charge on any atom is 0.412 e. The first-order chi connectivity index (χ1) is 13.7. The van der Waals surface area contributed by atoms with Crippen LogP contribution >= 0.6 is 0 Å². The Kier molecular flexibility index (Phi) is 5.95. The molecule has 152 valence electrons. The smallest absolute Gasteiger partial charge is 0.412 e. The van der Waals surface area contributed by atoms with Crippen LogP contribution in [-0.4, -0.2) is 17.1 Å². The molecule has 3 rings (SSSR count). The van der Waals surface area contributed by atoms with Crippen LogP contribution < -0.4 is 5.32 Å². The summed E-state index contributed by atoms with van der Waals surface area (Å²) < 4.78 is 71.2. The quantitative estimate of drug-likeness (QED) is 0.584. The molecule has 2 aromatic carbocycles. The van der Waals surface area contributed by atoms with Gasteiger partial charge in [-0.25, -0.2) is 13.8 Å². The Morgan fingerprint density at radius 1 is 1.00 bits per heavy atom. The van der Waals surface area contributed by atoms with Crippen LogP contribution in [0.25, 0.3) is 11.3 Å². The largest absolute Gasteiger partial charge is 0.441 e. The fourth-order valence-electron chi connectivity index (χ4n) is 2.64. The van der Waals surface area contributed by atoms with E-state index in [1.54, 1.807) is 0 Å². The zero-order valence-electron chi connectivity index (χ0n) is 14.8. The molecular formula is C20H15F5N2O2. The molecule has 1 amide bonds. The van der Waals surface area contributed by atoms with Gasteiger partial charge in [-0.15, -0.1) is 0 Å². The highest BCUT2D eigenvalue weighted by atomic mass is 19.4. The number of oxazole rings is 1. The number of aryl methyl sites for hydroxylation is 1. The number of alkyl halides is 3. The lowest BCUT2D eigenvalue weighted by molar-refractivity contribution is -0.163. The van der Waals surface area contributed by atoms with Crippen molar-refractivity contribution in [2.45, 2.75) is 25.1 Å². The molecule has 1 atom stereocenters. The Morgan fingerprint density at radius 3 is 2.17 bits per heavy atom. The number of halogens is 5. The van der Waals surface area contributed by atoms with Crippen molar-refractivity contribution in [2.24, 2.45) is 0 Å². The molecule has 0 aliphatic rings. The van der Waals surface area contributed by atoms with E-state index in [4.69, 9.17) is 4.42 Å². The summed E-state index contributed by atoms with van der Waals surface area (Å²) in [5.74, 6) is -1.45. The fraction of sp³-hybridized carbons (Fsp3) is 0.200. The molecule has 0 aliphatic heterocycles. The van der Waals surface area contributed by atoms with E-state index < -0.39 is 29.8 Å². The highest BCUT2D eigenvalue weighted by Crippen LogP contribution is 2.33. The molecule has 0 fully saturated rings. The van der Waals surface area contributed by atoms with E-state index in [1.807, 2.05) is 5.32 Å². The number of nitrogens with zero attached hydrogens (tertiary/aromatic N) is 1. The van der Waals surface area contributed by atoms with E-state index >= 15 is 0 Å². The van der Waals surface area contributed by atoms with Gasteiger partial charge in [-0.1, -0.05) is 12.1 Å². The molecule has 0 saturated carbocycles. The van der Waals surface area contributed by atoms with E-state index in [9.17, 15) is 26.7 Å². The summed E-state index contributed by atoms with van der Waals surface area (Å²) in [5.41, 5.74) is 0.296. The van der Waals surface area contributed by atoms with Crippen LogP contribution in [0.15, 0.2) is 59.1 Å². The standard InChI is InChI=1S/C20H15F5N2O2/c21-14-5-1-12(2-6-14)16-11-26-18(29-16)10-9-17(28)27-19(20(23,24)25)13-3-7-15(22)8-4-13/h1-8,11,19H,9-10H2,(H,27,28). The average Bonchev–Trinajstić information content (AvgIpc) is 3.14. The predicted octanol–water partition coefficient (Wildman–Crippen LogP) is 4.97. The third-order valence-corrected chi connectivity index (χ3v) is 4.08. The van der Waals surface area contributed by atoms with Crippen molar-refractivity contribution in [3.05, 3.63) is 77.8 Å². The monoisotopic (exact) mass is 410 g/mol. The lowest BCUT2D eigenvalue weighted by atomic mass is 10.1. The van der Waals surface area contributed by atoms with Gasteiger partial charge in [-0.05, 0) is 42.0 Å². The molecule has 0 spiro atoms. The Hall–Kier alpha value is -3.23. The van der Waals surface area contributed by atoms with Gasteiger partial charge in [0.1, 0.15) is 11.6 Å². The van der Waals surface area contributed by atoms with Crippen molar-refractivity contribution >= 4 is 5.91 Å². The van der Waals surface area contributed by atoms with E-state index in [0.29, 0.717) is 11.3 Å². The van der Waals surface area contributed by atoms with Crippen LogP contribution in [0.4, 0.5) is 22.0 Å². The molecule has 1 heterocycles. The zero-order chi connectivity index (χ0) is 21.0. The van der Waals surface area contributed by atoms with Crippen molar-refractivity contribution in [1.29, 1.82) is 0 Å². The van der Waals surface area contributed by atoms with E-state index in [1.165, 1.54) is 30.5 Å². The van der Waals surface area contributed by atoms with Gasteiger partial charge < -0.3 is 9.73 Å².